The Labute approximate surface area is 74.3 Å². The number of alkyl halides is 1. The van der Waals surface area contributed by atoms with Gasteiger partial charge in [0.05, 0.1) is 11.0 Å². The molecule has 4 heteroatoms. The number of carbonyl (C=O) groups is 2. The van der Waals surface area contributed by atoms with Crippen molar-refractivity contribution in [2.45, 2.75) is 24.6 Å². The molecule has 1 aliphatic carbocycles. The number of ether oxygens (including phenoxy) is 1. The van der Waals surface area contributed by atoms with E-state index in [9.17, 15) is 9.59 Å². The zero-order valence-corrected chi connectivity index (χ0v) is 7.06. The Morgan fingerprint density at radius 2 is 2.08 bits per heavy atom. The molecule has 0 saturated carbocycles. The monoisotopic (exact) mass is 186 g/mol. The molecule has 0 aromatic heterocycles. The molecule has 0 N–H and O–H groups in total. The van der Waals surface area contributed by atoms with Crippen LogP contribution in [-0.4, -0.2) is 17.3 Å². The number of rotatable bonds is 0. The lowest BCUT2D eigenvalue weighted by molar-refractivity contribution is -0.151. The van der Waals surface area contributed by atoms with Crippen LogP contribution in [0.5, 0.6) is 0 Å². The van der Waals surface area contributed by atoms with Gasteiger partial charge in [-0.25, -0.2) is 9.59 Å². The molecule has 2 aliphatic rings. The van der Waals surface area contributed by atoms with Crippen molar-refractivity contribution in [1.29, 1.82) is 0 Å². The van der Waals surface area contributed by atoms with Gasteiger partial charge in [-0.15, -0.1) is 11.6 Å². The highest BCUT2D eigenvalue weighted by molar-refractivity contribution is 6.28. The van der Waals surface area contributed by atoms with E-state index >= 15 is 0 Å². The predicted molar refractivity (Wildman–Crippen MR) is 41.6 cm³/mol. The second-order valence-electron chi connectivity index (χ2n) is 2.93. The fourth-order valence-corrected chi connectivity index (χ4v) is 1.97. The fourth-order valence-electron chi connectivity index (χ4n) is 1.59. The SMILES string of the molecule is O=C1OC(=O)C2=C1CCCC2Cl. The number of esters is 2. The first-order chi connectivity index (χ1) is 5.70. The highest BCUT2D eigenvalue weighted by Crippen LogP contribution is 2.34. The van der Waals surface area contributed by atoms with Crippen LogP contribution < -0.4 is 0 Å². The molecule has 64 valence electrons. The molecule has 0 radical (unpaired) electrons. The lowest BCUT2D eigenvalue weighted by atomic mass is 9.93. The third kappa shape index (κ3) is 0.966. The summed E-state index contributed by atoms with van der Waals surface area (Å²) in [6.07, 6.45) is 2.24. The maximum atomic E-state index is 11.0. The quantitative estimate of drug-likeness (QED) is 0.324. The summed E-state index contributed by atoms with van der Waals surface area (Å²) < 4.78 is 4.44. The van der Waals surface area contributed by atoms with Crippen molar-refractivity contribution < 1.29 is 14.3 Å². The van der Waals surface area contributed by atoms with Crippen molar-refractivity contribution in [3.05, 3.63) is 11.1 Å². The minimum Gasteiger partial charge on any atom is -0.386 e. The second kappa shape index (κ2) is 2.59. The lowest BCUT2D eigenvalue weighted by Crippen LogP contribution is -2.14. The van der Waals surface area contributed by atoms with Crippen LogP contribution in [0.2, 0.25) is 0 Å². The van der Waals surface area contributed by atoms with E-state index in [0.29, 0.717) is 17.6 Å². The van der Waals surface area contributed by atoms with Crippen LogP contribution in [0.1, 0.15) is 19.3 Å². The Morgan fingerprint density at radius 3 is 2.75 bits per heavy atom. The van der Waals surface area contributed by atoms with E-state index in [1.54, 1.807) is 0 Å². The molecule has 0 saturated heterocycles. The molecule has 0 amide bonds. The number of hydrogen-bond acceptors (Lipinski definition) is 3. The van der Waals surface area contributed by atoms with Gasteiger partial charge >= 0.3 is 11.9 Å². The molecule has 0 bridgehead atoms. The van der Waals surface area contributed by atoms with Crippen LogP contribution in [0.15, 0.2) is 11.1 Å². The molecule has 12 heavy (non-hydrogen) atoms. The van der Waals surface area contributed by atoms with E-state index in [2.05, 4.69) is 4.74 Å². The zero-order valence-electron chi connectivity index (χ0n) is 6.30. The average Bonchev–Trinajstić information content (AvgIpc) is 2.29. The normalized spacial score (nSPS) is 28.9. The Kier molecular flexibility index (Phi) is 1.68. The van der Waals surface area contributed by atoms with Crippen LogP contribution in [0, 0.1) is 0 Å². The molecule has 0 aromatic carbocycles. The third-order valence-corrected chi connectivity index (χ3v) is 2.61. The van der Waals surface area contributed by atoms with Gasteiger partial charge in [0.25, 0.3) is 0 Å². The highest BCUT2D eigenvalue weighted by atomic mass is 35.5. The molecule has 0 fully saturated rings. The summed E-state index contributed by atoms with van der Waals surface area (Å²) in [7, 11) is 0. The minimum absolute atomic E-state index is 0.326. The van der Waals surface area contributed by atoms with Gasteiger partial charge in [0, 0.05) is 5.57 Å². The number of halogens is 1. The van der Waals surface area contributed by atoms with Crippen molar-refractivity contribution in [2.24, 2.45) is 0 Å². The summed E-state index contributed by atoms with van der Waals surface area (Å²) in [6, 6.07) is 0. The van der Waals surface area contributed by atoms with Crippen molar-refractivity contribution in [1.82, 2.24) is 0 Å². The van der Waals surface area contributed by atoms with Crippen molar-refractivity contribution in [3.8, 4) is 0 Å². The summed E-state index contributed by atoms with van der Waals surface area (Å²) in [4.78, 5) is 22.0. The number of cyclic esters (lactones) is 2. The number of carbonyl (C=O) groups excluding carboxylic acids is 2. The average molecular weight is 187 g/mol. The molecule has 1 heterocycles. The van der Waals surface area contributed by atoms with Gasteiger partial charge in [-0.2, -0.15) is 0 Å². The third-order valence-electron chi connectivity index (χ3n) is 2.17. The summed E-state index contributed by atoms with van der Waals surface area (Å²) >= 11 is 5.87. The van der Waals surface area contributed by atoms with Gasteiger partial charge < -0.3 is 4.74 Å². The minimum atomic E-state index is -0.547. The Bertz CT molecular complexity index is 293. The van der Waals surface area contributed by atoms with Gasteiger partial charge in [0.15, 0.2) is 0 Å². The predicted octanol–water partition coefficient (Wildman–Crippen LogP) is 1.16. The topological polar surface area (TPSA) is 43.4 Å². The van der Waals surface area contributed by atoms with E-state index in [1.165, 1.54) is 0 Å². The van der Waals surface area contributed by atoms with Gasteiger partial charge in [-0.1, -0.05) is 0 Å². The van der Waals surface area contributed by atoms with E-state index in [-0.39, 0.29) is 5.38 Å². The molecule has 1 aliphatic heterocycles. The molecule has 0 spiro atoms. The van der Waals surface area contributed by atoms with Gasteiger partial charge in [0.1, 0.15) is 0 Å². The molecule has 3 nitrogen and oxygen atoms in total. The van der Waals surface area contributed by atoms with E-state index in [1.807, 2.05) is 0 Å². The van der Waals surface area contributed by atoms with Gasteiger partial charge in [0.2, 0.25) is 0 Å². The second-order valence-corrected chi connectivity index (χ2v) is 3.46. The molecule has 0 aromatic rings. The lowest BCUT2D eigenvalue weighted by Gasteiger charge is -2.14. The van der Waals surface area contributed by atoms with Crippen LogP contribution in [0.25, 0.3) is 0 Å². The molecule has 1 atom stereocenters. The largest absolute Gasteiger partial charge is 0.386 e. The fraction of sp³-hybridized carbons (Fsp3) is 0.500. The first-order valence-corrected chi connectivity index (χ1v) is 4.27. The van der Waals surface area contributed by atoms with Crippen molar-refractivity contribution in [2.75, 3.05) is 0 Å². The summed E-state index contributed by atoms with van der Waals surface area (Å²) in [5, 5.41) is -0.326. The number of hydrogen-bond donors (Lipinski definition) is 0. The molecule has 1 unspecified atom stereocenters. The molecule has 2 rings (SSSR count). The maximum Gasteiger partial charge on any atom is 0.343 e. The maximum absolute atomic E-state index is 11.0. The van der Waals surface area contributed by atoms with Gasteiger partial charge in [-0.05, 0) is 19.3 Å². The summed E-state index contributed by atoms with van der Waals surface area (Å²) in [5.74, 6) is -1.05. The molecular weight excluding hydrogens is 180 g/mol. The Morgan fingerprint density at radius 1 is 1.33 bits per heavy atom. The highest BCUT2D eigenvalue weighted by Gasteiger charge is 2.38. The smallest absolute Gasteiger partial charge is 0.343 e. The van der Waals surface area contributed by atoms with Crippen LogP contribution in [0.3, 0.4) is 0 Å². The van der Waals surface area contributed by atoms with Crippen molar-refractivity contribution >= 4 is 23.5 Å². The molecular formula is C8H7ClO3. The van der Waals surface area contributed by atoms with E-state index in [4.69, 9.17) is 11.6 Å². The standard InChI is InChI=1S/C8H7ClO3/c9-5-3-1-2-4-6(5)8(11)12-7(4)10/h5H,1-3H2. The first kappa shape index (κ1) is 7.80. The Balaban J connectivity index is 2.44. The Hall–Kier alpha value is -0.830. The van der Waals surface area contributed by atoms with Crippen LogP contribution in [-0.2, 0) is 14.3 Å². The summed E-state index contributed by atoms with van der Waals surface area (Å²) in [6.45, 7) is 0. The van der Waals surface area contributed by atoms with E-state index in [0.717, 1.165) is 12.8 Å². The first-order valence-electron chi connectivity index (χ1n) is 3.84. The summed E-state index contributed by atoms with van der Waals surface area (Å²) in [5.41, 5.74) is 0.888. The van der Waals surface area contributed by atoms with Crippen LogP contribution >= 0.6 is 11.6 Å². The zero-order chi connectivity index (χ0) is 8.72. The van der Waals surface area contributed by atoms with Crippen LogP contribution in [0.4, 0.5) is 0 Å². The van der Waals surface area contributed by atoms with Gasteiger partial charge in [-0.3, -0.25) is 0 Å². The van der Waals surface area contributed by atoms with Crippen molar-refractivity contribution in [3.63, 3.8) is 0 Å². The van der Waals surface area contributed by atoms with E-state index < -0.39 is 11.9 Å².